The molecule has 0 aromatic heterocycles. The maximum absolute atomic E-state index is 11.1. The number of benzene rings is 1. The minimum atomic E-state index is 0.0371. The number of hydrogen-bond acceptors (Lipinski definition) is 3. The molecule has 98 valence electrons. The second kappa shape index (κ2) is 6.07. The van der Waals surface area contributed by atoms with Crippen LogP contribution in [0.1, 0.15) is 17.5 Å². The number of carbonyl (C=O) groups excluding carboxylic acids is 1. The molecule has 18 heavy (non-hydrogen) atoms. The Labute approximate surface area is 112 Å². The maximum Gasteiger partial charge on any atom is 0.221 e. The van der Waals surface area contributed by atoms with Crippen molar-refractivity contribution in [2.45, 2.75) is 19.4 Å². The van der Waals surface area contributed by atoms with Gasteiger partial charge in [-0.05, 0) is 17.7 Å². The molecule has 0 fully saturated rings. The summed E-state index contributed by atoms with van der Waals surface area (Å²) in [5.41, 5.74) is 2.23. The molecular weight excluding hydrogens is 252 g/mol. The van der Waals surface area contributed by atoms with Gasteiger partial charge in [0, 0.05) is 43.6 Å². The van der Waals surface area contributed by atoms with Gasteiger partial charge < -0.3 is 15.4 Å². The number of nitrogens with one attached hydrogen (secondary N) is 2. The Morgan fingerprint density at radius 1 is 1.50 bits per heavy atom. The zero-order chi connectivity index (χ0) is 13.0. The third-order valence-corrected chi connectivity index (χ3v) is 3.17. The van der Waals surface area contributed by atoms with Gasteiger partial charge >= 0.3 is 0 Å². The number of ether oxygens (including phenoxy) is 1. The quantitative estimate of drug-likeness (QED) is 0.796. The molecule has 5 heteroatoms. The SMILES string of the molecule is CNC(=O)CCNCc1cc(Cl)cc2c1OCC2. The molecule has 0 atom stereocenters. The number of hydrogen-bond donors (Lipinski definition) is 2. The molecule has 1 heterocycles. The van der Waals surface area contributed by atoms with E-state index in [4.69, 9.17) is 16.3 Å². The molecule has 0 spiro atoms. The standard InChI is InChI=1S/C13H17ClN2O2/c1-15-12(17)2-4-16-8-10-7-11(14)6-9-3-5-18-13(9)10/h6-7,16H,2-5,8H2,1H3,(H,15,17). The Morgan fingerprint density at radius 3 is 3.11 bits per heavy atom. The normalized spacial score (nSPS) is 13.0. The van der Waals surface area contributed by atoms with Gasteiger partial charge in [0.25, 0.3) is 0 Å². The van der Waals surface area contributed by atoms with E-state index in [0.717, 1.165) is 29.4 Å². The number of amides is 1. The third-order valence-electron chi connectivity index (χ3n) is 2.95. The molecule has 1 aromatic rings. The summed E-state index contributed by atoms with van der Waals surface area (Å²) in [5, 5.41) is 6.55. The van der Waals surface area contributed by atoms with Crippen molar-refractivity contribution >= 4 is 17.5 Å². The van der Waals surface area contributed by atoms with Crippen LogP contribution in [-0.2, 0) is 17.8 Å². The lowest BCUT2D eigenvalue weighted by molar-refractivity contribution is -0.120. The summed E-state index contributed by atoms with van der Waals surface area (Å²) >= 11 is 6.07. The van der Waals surface area contributed by atoms with Crippen LogP contribution in [-0.4, -0.2) is 26.1 Å². The van der Waals surface area contributed by atoms with Gasteiger partial charge in [0.1, 0.15) is 5.75 Å². The number of rotatable bonds is 5. The Hall–Kier alpha value is -1.26. The molecule has 2 rings (SSSR count). The molecule has 0 aliphatic carbocycles. The largest absolute Gasteiger partial charge is 0.493 e. The van der Waals surface area contributed by atoms with E-state index in [1.807, 2.05) is 12.1 Å². The Kier molecular flexibility index (Phi) is 4.44. The van der Waals surface area contributed by atoms with E-state index in [1.54, 1.807) is 7.05 Å². The minimum Gasteiger partial charge on any atom is -0.493 e. The fraction of sp³-hybridized carbons (Fsp3) is 0.462. The third kappa shape index (κ3) is 3.15. The van der Waals surface area contributed by atoms with Crippen molar-refractivity contribution in [3.05, 3.63) is 28.3 Å². The Bertz CT molecular complexity index is 449. The average Bonchev–Trinajstić information content (AvgIpc) is 2.81. The van der Waals surface area contributed by atoms with Crippen LogP contribution in [0, 0.1) is 0 Å². The van der Waals surface area contributed by atoms with E-state index >= 15 is 0 Å². The molecule has 0 unspecified atom stereocenters. The summed E-state index contributed by atoms with van der Waals surface area (Å²) < 4.78 is 5.61. The molecule has 0 bridgehead atoms. The van der Waals surface area contributed by atoms with Crippen molar-refractivity contribution in [3.63, 3.8) is 0 Å². The van der Waals surface area contributed by atoms with Crippen LogP contribution in [0.4, 0.5) is 0 Å². The first-order valence-corrected chi connectivity index (χ1v) is 6.44. The molecule has 0 saturated heterocycles. The lowest BCUT2D eigenvalue weighted by Gasteiger charge is -2.10. The zero-order valence-electron chi connectivity index (χ0n) is 10.4. The van der Waals surface area contributed by atoms with Crippen molar-refractivity contribution in [3.8, 4) is 5.75 Å². The predicted octanol–water partition coefficient (Wildman–Crippen LogP) is 1.50. The summed E-state index contributed by atoms with van der Waals surface area (Å²) in [5.74, 6) is 0.988. The second-order valence-electron chi connectivity index (χ2n) is 4.25. The van der Waals surface area contributed by atoms with E-state index in [-0.39, 0.29) is 5.91 Å². The van der Waals surface area contributed by atoms with Crippen LogP contribution in [0.2, 0.25) is 5.02 Å². The lowest BCUT2D eigenvalue weighted by atomic mass is 10.1. The molecule has 1 amide bonds. The first kappa shape index (κ1) is 13.2. The van der Waals surface area contributed by atoms with Gasteiger partial charge in [0.2, 0.25) is 5.91 Å². The number of carbonyl (C=O) groups is 1. The molecule has 1 aromatic carbocycles. The Balaban J connectivity index is 1.92. The van der Waals surface area contributed by atoms with Gasteiger partial charge in [-0.25, -0.2) is 0 Å². The number of fused-ring (bicyclic) bond motifs is 1. The Morgan fingerprint density at radius 2 is 2.33 bits per heavy atom. The van der Waals surface area contributed by atoms with E-state index < -0.39 is 0 Å². The topological polar surface area (TPSA) is 50.4 Å². The predicted molar refractivity (Wildman–Crippen MR) is 71.0 cm³/mol. The van der Waals surface area contributed by atoms with Gasteiger partial charge in [0.15, 0.2) is 0 Å². The highest BCUT2D eigenvalue weighted by Crippen LogP contribution is 2.32. The van der Waals surface area contributed by atoms with E-state index in [0.29, 0.717) is 19.5 Å². The molecule has 1 aliphatic heterocycles. The molecule has 2 N–H and O–H groups in total. The molecule has 0 radical (unpaired) electrons. The highest BCUT2D eigenvalue weighted by Gasteiger charge is 2.17. The average molecular weight is 269 g/mol. The van der Waals surface area contributed by atoms with Gasteiger partial charge in [0.05, 0.1) is 6.61 Å². The first-order valence-electron chi connectivity index (χ1n) is 6.06. The molecule has 4 nitrogen and oxygen atoms in total. The summed E-state index contributed by atoms with van der Waals surface area (Å²) in [6, 6.07) is 3.87. The minimum absolute atomic E-state index is 0.0371. The van der Waals surface area contributed by atoms with Crippen molar-refractivity contribution < 1.29 is 9.53 Å². The summed E-state index contributed by atoms with van der Waals surface area (Å²) in [7, 11) is 1.64. The number of halogens is 1. The first-order chi connectivity index (χ1) is 8.70. The fourth-order valence-corrected chi connectivity index (χ4v) is 2.29. The van der Waals surface area contributed by atoms with Gasteiger partial charge in [-0.1, -0.05) is 11.6 Å². The second-order valence-corrected chi connectivity index (χ2v) is 4.69. The highest BCUT2D eigenvalue weighted by molar-refractivity contribution is 6.30. The van der Waals surface area contributed by atoms with Crippen molar-refractivity contribution in [2.75, 3.05) is 20.2 Å². The van der Waals surface area contributed by atoms with Crippen LogP contribution >= 0.6 is 11.6 Å². The van der Waals surface area contributed by atoms with Crippen molar-refractivity contribution in [2.24, 2.45) is 0 Å². The van der Waals surface area contributed by atoms with Crippen LogP contribution < -0.4 is 15.4 Å². The van der Waals surface area contributed by atoms with E-state index in [1.165, 1.54) is 5.56 Å². The monoisotopic (exact) mass is 268 g/mol. The molecule has 0 saturated carbocycles. The molecular formula is C13H17ClN2O2. The van der Waals surface area contributed by atoms with E-state index in [9.17, 15) is 4.79 Å². The van der Waals surface area contributed by atoms with Crippen LogP contribution in [0.15, 0.2) is 12.1 Å². The summed E-state index contributed by atoms with van der Waals surface area (Å²) in [6.07, 6.45) is 1.39. The fourth-order valence-electron chi connectivity index (χ4n) is 2.03. The maximum atomic E-state index is 11.1. The van der Waals surface area contributed by atoms with Crippen LogP contribution in [0.3, 0.4) is 0 Å². The van der Waals surface area contributed by atoms with Gasteiger partial charge in [-0.15, -0.1) is 0 Å². The van der Waals surface area contributed by atoms with Crippen molar-refractivity contribution in [1.82, 2.24) is 10.6 Å². The summed E-state index contributed by atoms with van der Waals surface area (Å²) in [6.45, 7) is 2.03. The van der Waals surface area contributed by atoms with Gasteiger partial charge in [-0.3, -0.25) is 4.79 Å². The van der Waals surface area contributed by atoms with Gasteiger partial charge in [-0.2, -0.15) is 0 Å². The lowest BCUT2D eigenvalue weighted by Crippen LogP contribution is -2.24. The summed E-state index contributed by atoms with van der Waals surface area (Å²) in [4.78, 5) is 11.1. The highest BCUT2D eigenvalue weighted by atomic mass is 35.5. The zero-order valence-corrected chi connectivity index (χ0v) is 11.1. The molecule has 1 aliphatic rings. The van der Waals surface area contributed by atoms with E-state index in [2.05, 4.69) is 10.6 Å². The van der Waals surface area contributed by atoms with Crippen molar-refractivity contribution in [1.29, 1.82) is 0 Å². The van der Waals surface area contributed by atoms with Crippen LogP contribution in [0.25, 0.3) is 0 Å². The smallest absolute Gasteiger partial charge is 0.221 e. The van der Waals surface area contributed by atoms with Crippen LogP contribution in [0.5, 0.6) is 5.75 Å².